The summed E-state index contributed by atoms with van der Waals surface area (Å²) in [4.78, 5) is 14.0. The molecule has 0 aliphatic heterocycles. The molecule has 0 aliphatic rings. The molecule has 3 N–H and O–H groups in total. The van der Waals surface area contributed by atoms with Crippen LogP contribution in [-0.2, 0) is 16.0 Å². The van der Waals surface area contributed by atoms with Gasteiger partial charge in [0.05, 0.1) is 18.6 Å². The highest BCUT2D eigenvalue weighted by Gasteiger charge is 2.33. The quantitative estimate of drug-likeness (QED) is 0.555. The number of nitrogens with two attached hydrogens (primary N) is 1. The summed E-state index contributed by atoms with van der Waals surface area (Å²) in [6, 6.07) is 14.6. The number of fused-ring (bicyclic) bond motifs is 1. The lowest BCUT2D eigenvalue weighted by molar-refractivity contribution is -0.129. The number of amides is 1. The first-order chi connectivity index (χ1) is 13.5. The smallest absolute Gasteiger partial charge is 0.220 e. The number of ether oxygens (including phenoxy) is 1. The Balaban J connectivity index is 2.10. The molecular formula is C23H34N2O3. The molecule has 0 radical (unpaired) electrons. The second-order valence-corrected chi connectivity index (χ2v) is 7.31. The maximum atomic E-state index is 11.7. The van der Waals surface area contributed by atoms with E-state index in [4.69, 9.17) is 10.5 Å². The highest BCUT2D eigenvalue weighted by Crippen LogP contribution is 2.27. The van der Waals surface area contributed by atoms with Gasteiger partial charge in [-0.25, -0.2) is 0 Å². The maximum absolute atomic E-state index is 11.7. The summed E-state index contributed by atoms with van der Waals surface area (Å²) in [5.74, 6) is -0.391. The molecule has 1 atom stereocenters. The van der Waals surface area contributed by atoms with Crippen LogP contribution in [0.15, 0.2) is 42.5 Å². The molecule has 0 heterocycles. The molecule has 1 unspecified atom stereocenters. The SMILES string of the molecule is CCN(CC)CCC(CCO)(CC(N)=O)OCCc1cccc2ccccc12. The van der Waals surface area contributed by atoms with Gasteiger partial charge < -0.3 is 20.5 Å². The first kappa shape index (κ1) is 22.3. The number of hydrogen-bond acceptors (Lipinski definition) is 4. The molecule has 2 aromatic rings. The number of rotatable bonds is 13. The van der Waals surface area contributed by atoms with Crippen LogP contribution in [0.3, 0.4) is 0 Å². The van der Waals surface area contributed by atoms with E-state index in [1.807, 2.05) is 12.1 Å². The van der Waals surface area contributed by atoms with E-state index in [9.17, 15) is 9.90 Å². The van der Waals surface area contributed by atoms with E-state index in [0.29, 0.717) is 19.4 Å². The van der Waals surface area contributed by atoms with Crippen LogP contribution in [0.2, 0.25) is 0 Å². The Kier molecular flexibility index (Phi) is 8.90. The van der Waals surface area contributed by atoms with Crippen molar-refractivity contribution in [2.24, 2.45) is 5.73 Å². The Bertz CT molecular complexity index is 740. The van der Waals surface area contributed by atoms with Crippen LogP contribution < -0.4 is 5.73 Å². The van der Waals surface area contributed by atoms with E-state index < -0.39 is 11.5 Å². The molecule has 0 aromatic heterocycles. The van der Waals surface area contributed by atoms with Crippen molar-refractivity contribution in [3.05, 3.63) is 48.0 Å². The van der Waals surface area contributed by atoms with Gasteiger partial charge in [-0.2, -0.15) is 0 Å². The van der Waals surface area contributed by atoms with Crippen LogP contribution >= 0.6 is 0 Å². The molecule has 0 fully saturated rings. The summed E-state index contributed by atoms with van der Waals surface area (Å²) in [5, 5.41) is 12.0. The molecule has 0 spiro atoms. The van der Waals surface area contributed by atoms with Gasteiger partial charge in [-0.1, -0.05) is 56.3 Å². The lowest BCUT2D eigenvalue weighted by atomic mass is 9.90. The van der Waals surface area contributed by atoms with Crippen molar-refractivity contribution in [2.75, 3.05) is 32.8 Å². The zero-order chi connectivity index (χ0) is 20.4. The molecule has 2 aromatic carbocycles. The number of carbonyl (C=O) groups is 1. The van der Waals surface area contributed by atoms with Crippen molar-refractivity contribution in [2.45, 2.75) is 45.1 Å². The first-order valence-corrected chi connectivity index (χ1v) is 10.3. The largest absolute Gasteiger partial charge is 0.396 e. The number of primary amides is 1. The van der Waals surface area contributed by atoms with Gasteiger partial charge in [0.25, 0.3) is 0 Å². The van der Waals surface area contributed by atoms with Gasteiger partial charge in [-0.3, -0.25) is 4.79 Å². The normalized spacial score (nSPS) is 13.7. The van der Waals surface area contributed by atoms with E-state index in [-0.39, 0.29) is 13.0 Å². The predicted octanol–water partition coefficient (Wildman–Crippen LogP) is 3.13. The van der Waals surface area contributed by atoms with Gasteiger partial charge in [0.15, 0.2) is 0 Å². The standard InChI is InChI=1S/C23H34N2O3/c1-3-25(4-2)15-13-23(14-16-26,18-22(24)27)28-17-12-20-10-7-9-19-8-5-6-11-21(19)20/h5-11,26H,3-4,12-18H2,1-2H3,(H2,24,27). The highest BCUT2D eigenvalue weighted by molar-refractivity contribution is 5.85. The summed E-state index contributed by atoms with van der Waals surface area (Å²) in [7, 11) is 0. The molecular weight excluding hydrogens is 352 g/mol. The van der Waals surface area contributed by atoms with Crippen LogP contribution in [0.25, 0.3) is 10.8 Å². The van der Waals surface area contributed by atoms with Crippen molar-refractivity contribution in [3.63, 3.8) is 0 Å². The van der Waals surface area contributed by atoms with Gasteiger partial charge in [-0.05, 0) is 42.3 Å². The zero-order valence-electron chi connectivity index (χ0n) is 17.2. The van der Waals surface area contributed by atoms with E-state index in [0.717, 1.165) is 26.1 Å². The molecule has 154 valence electrons. The molecule has 2 rings (SSSR count). The van der Waals surface area contributed by atoms with Gasteiger partial charge >= 0.3 is 0 Å². The Labute approximate surface area is 168 Å². The Hall–Kier alpha value is -1.95. The molecule has 0 bridgehead atoms. The van der Waals surface area contributed by atoms with Crippen molar-refractivity contribution >= 4 is 16.7 Å². The van der Waals surface area contributed by atoms with Gasteiger partial charge in [0.2, 0.25) is 5.91 Å². The second-order valence-electron chi connectivity index (χ2n) is 7.31. The third kappa shape index (κ3) is 6.30. The van der Waals surface area contributed by atoms with E-state index in [1.165, 1.54) is 16.3 Å². The fourth-order valence-corrected chi connectivity index (χ4v) is 3.81. The summed E-state index contributed by atoms with van der Waals surface area (Å²) >= 11 is 0. The Morgan fingerprint density at radius 1 is 1.11 bits per heavy atom. The van der Waals surface area contributed by atoms with Crippen LogP contribution in [0.1, 0.15) is 38.7 Å². The molecule has 0 aliphatic carbocycles. The molecule has 28 heavy (non-hydrogen) atoms. The summed E-state index contributed by atoms with van der Waals surface area (Å²) < 4.78 is 6.29. The number of aliphatic hydroxyl groups excluding tert-OH is 1. The van der Waals surface area contributed by atoms with Gasteiger partial charge in [-0.15, -0.1) is 0 Å². The summed E-state index contributed by atoms with van der Waals surface area (Å²) in [6.45, 7) is 7.39. The number of benzene rings is 2. The van der Waals surface area contributed by atoms with Crippen molar-refractivity contribution < 1.29 is 14.6 Å². The topological polar surface area (TPSA) is 75.8 Å². The van der Waals surface area contributed by atoms with Crippen LogP contribution in [0.5, 0.6) is 0 Å². The van der Waals surface area contributed by atoms with Gasteiger partial charge in [0.1, 0.15) is 0 Å². The van der Waals surface area contributed by atoms with E-state index in [2.05, 4.69) is 49.1 Å². The fraction of sp³-hybridized carbons (Fsp3) is 0.522. The highest BCUT2D eigenvalue weighted by atomic mass is 16.5. The Morgan fingerprint density at radius 2 is 1.82 bits per heavy atom. The van der Waals surface area contributed by atoms with Crippen molar-refractivity contribution in [3.8, 4) is 0 Å². The lowest BCUT2D eigenvalue weighted by Gasteiger charge is -2.34. The number of hydrogen-bond donors (Lipinski definition) is 2. The Morgan fingerprint density at radius 3 is 2.50 bits per heavy atom. The fourth-order valence-electron chi connectivity index (χ4n) is 3.81. The second kappa shape index (κ2) is 11.1. The van der Waals surface area contributed by atoms with Crippen LogP contribution in [0, 0.1) is 0 Å². The summed E-state index contributed by atoms with van der Waals surface area (Å²) in [6.07, 6.45) is 1.96. The minimum Gasteiger partial charge on any atom is -0.396 e. The average molecular weight is 387 g/mol. The van der Waals surface area contributed by atoms with Crippen LogP contribution in [-0.4, -0.2) is 54.4 Å². The van der Waals surface area contributed by atoms with Gasteiger partial charge in [0, 0.05) is 19.6 Å². The maximum Gasteiger partial charge on any atom is 0.220 e. The average Bonchev–Trinajstić information content (AvgIpc) is 2.68. The third-order valence-electron chi connectivity index (χ3n) is 5.50. The number of nitrogens with zero attached hydrogens (tertiary/aromatic N) is 1. The molecule has 5 nitrogen and oxygen atoms in total. The van der Waals surface area contributed by atoms with E-state index in [1.54, 1.807) is 0 Å². The molecule has 5 heteroatoms. The monoisotopic (exact) mass is 386 g/mol. The minimum atomic E-state index is -0.715. The summed E-state index contributed by atoms with van der Waals surface area (Å²) in [5.41, 5.74) is 6.03. The van der Waals surface area contributed by atoms with Crippen molar-refractivity contribution in [1.29, 1.82) is 0 Å². The zero-order valence-corrected chi connectivity index (χ0v) is 17.2. The third-order valence-corrected chi connectivity index (χ3v) is 5.50. The minimum absolute atomic E-state index is 0.0280. The number of carbonyl (C=O) groups excluding carboxylic acids is 1. The molecule has 0 saturated heterocycles. The van der Waals surface area contributed by atoms with Crippen molar-refractivity contribution in [1.82, 2.24) is 4.90 Å². The lowest BCUT2D eigenvalue weighted by Crippen LogP contribution is -2.42. The van der Waals surface area contributed by atoms with Crippen LogP contribution in [0.4, 0.5) is 0 Å². The first-order valence-electron chi connectivity index (χ1n) is 10.3. The van der Waals surface area contributed by atoms with E-state index >= 15 is 0 Å². The molecule has 1 amide bonds. The number of aliphatic hydroxyl groups is 1. The predicted molar refractivity (Wildman–Crippen MR) is 114 cm³/mol. The molecule has 0 saturated carbocycles.